The molecule has 0 bridgehead atoms. The first-order chi connectivity index (χ1) is 12.1. The second-order valence-electron chi connectivity index (χ2n) is 6.28. The molecule has 0 heterocycles. The minimum atomic E-state index is -0.625. The third kappa shape index (κ3) is 4.18. The molecular weight excluding hydrogens is 316 g/mol. The summed E-state index contributed by atoms with van der Waals surface area (Å²) in [7, 11) is 0. The Balaban J connectivity index is 1.83. The second-order valence-corrected chi connectivity index (χ2v) is 6.28. The number of hydrogen-bond acceptors (Lipinski definition) is 3. The molecule has 2 aromatic rings. The lowest BCUT2D eigenvalue weighted by atomic mass is 9.96. The highest BCUT2D eigenvalue weighted by Crippen LogP contribution is 2.30. The van der Waals surface area contributed by atoms with Crippen molar-refractivity contribution < 1.29 is 14.3 Å². The number of carbonyl (C=O) groups is 2. The van der Waals surface area contributed by atoms with E-state index in [4.69, 9.17) is 10.5 Å². The number of ether oxygens (including phenoxy) is 1. The fourth-order valence-electron chi connectivity index (χ4n) is 3.27. The summed E-state index contributed by atoms with van der Waals surface area (Å²) in [6, 6.07) is 14.7. The Morgan fingerprint density at radius 3 is 2.36 bits per heavy atom. The number of carbonyl (C=O) groups excluding carboxylic acids is 2. The summed E-state index contributed by atoms with van der Waals surface area (Å²) in [4.78, 5) is 24.2. The Kier molecular flexibility index (Phi) is 5.33. The van der Waals surface area contributed by atoms with Crippen molar-refractivity contribution >= 4 is 12.0 Å². The van der Waals surface area contributed by atoms with Gasteiger partial charge in [-0.3, -0.25) is 4.79 Å². The smallest absolute Gasteiger partial charge is 0.409 e. The predicted molar refractivity (Wildman–Crippen MR) is 96.4 cm³/mol. The van der Waals surface area contributed by atoms with Gasteiger partial charge in [0.15, 0.2) is 0 Å². The minimum Gasteiger partial charge on any atom is -0.409 e. The summed E-state index contributed by atoms with van der Waals surface area (Å²) in [5.74, 6) is -0.443. The largest absolute Gasteiger partial charge is 0.412 e. The van der Waals surface area contributed by atoms with Crippen molar-refractivity contribution in [3.63, 3.8) is 0 Å². The van der Waals surface area contributed by atoms with E-state index in [0.717, 1.165) is 31.2 Å². The van der Waals surface area contributed by atoms with E-state index in [1.54, 1.807) is 18.2 Å². The molecule has 130 valence electrons. The van der Waals surface area contributed by atoms with Crippen LogP contribution < -0.4 is 15.8 Å². The van der Waals surface area contributed by atoms with Gasteiger partial charge < -0.3 is 15.8 Å². The summed E-state index contributed by atoms with van der Waals surface area (Å²) < 4.78 is 5.42. The maximum Gasteiger partial charge on any atom is 0.412 e. The summed E-state index contributed by atoms with van der Waals surface area (Å²) in [5, 5.41) is 2.88. The van der Waals surface area contributed by atoms with E-state index in [-0.39, 0.29) is 17.4 Å². The van der Waals surface area contributed by atoms with Crippen LogP contribution >= 0.6 is 0 Å². The third-order valence-electron chi connectivity index (χ3n) is 4.49. The first-order valence-electron chi connectivity index (χ1n) is 8.62. The van der Waals surface area contributed by atoms with Gasteiger partial charge in [0.2, 0.25) is 0 Å². The van der Waals surface area contributed by atoms with Gasteiger partial charge in [0.05, 0.1) is 5.56 Å². The number of nitrogens with one attached hydrogen (secondary N) is 1. The third-order valence-corrected chi connectivity index (χ3v) is 4.49. The SMILES string of the molecule is NC(=O)c1c(OC(=O)NC2CCCCC2)cccc1-c1ccccc1. The molecule has 2 aromatic carbocycles. The van der Waals surface area contributed by atoms with Crippen LogP contribution in [0.15, 0.2) is 48.5 Å². The standard InChI is InChI=1S/C20H22N2O3/c21-19(23)18-16(14-8-3-1-4-9-14)12-7-13-17(18)25-20(24)22-15-10-5-2-6-11-15/h1,3-4,7-9,12-13,15H,2,5-6,10-11H2,(H2,21,23)(H,22,24). The zero-order chi connectivity index (χ0) is 17.6. The van der Waals surface area contributed by atoms with Gasteiger partial charge in [0.1, 0.15) is 5.75 Å². The van der Waals surface area contributed by atoms with Crippen LogP contribution in [0, 0.1) is 0 Å². The average Bonchev–Trinajstić information content (AvgIpc) is 2.63. The van der Waals surface area contributed by atoms with E-state index in [9.17, 15) is 9.59 Å². The molecule has 0 aromatic heterocycles. The Morgan fingerprint density at radius 1 is 0.960 bits per heavy atom. The minimum absolute atomic E-state index is 0.135. The first-order valence-corrected chi connectivity index (χ1v) is 8.62. The molecule has 5 nitrogen and oxygen atoms in total. The van der Waals surface area contributed by atoms with Crippen LogP contribution in [0.3, 0.4) is 0 Å². The lowest BCUT2D eigenvalue weighted by Gasteiger charge is -2.22. The lowest BCUT2D eigenvalue weighted by Crippen LogP contribution is -2.38. The fraction of sp³-hybridized carbons (Fsp3) is 0.300. The van der Waals surface area contributed by atoms with Gasteiger partial charge in [0, 0.05) is 6.04 Å². The van der Waals surface area contributed by atoms with Gasteiger partial charge in [-0.05, 0) is 30.0 Å². The van der Waals surface area contributed by atoms with Gasteiger partial charge in [-0.2, -0.15) is 0 Å². The summed E-state index contributed by atoms with van der Waals surface area (Å²) in [6.07, 6.45) is 4.81. The van der Waals surface area contributed by atoms with E-state index < -0.39 is 12.0 Å². The van der Waals surface area contributed by atoms with Crippen LogP contribution in [0.2, 0.25) is 0 Å². The van der Waals surface area contributed by atoms with Crippen molar-refractivity contribution in [3.8, 4) is 16.9 Å². The van der Waals surface area contributed by atoms with Gasteiger partial charge in [-0.15, -0.1) is 0 Å². The molecule has 2 amide bonds. The maximum atomic E-state index is 12.2. The van der Waals surface area contributed by atoms with Crippen LogP contribution in [0.5, 0.6) is 5.75 Å². The zero-order valence-electron chi connectivity index (χ0n) is 14.0. The average molecular weight is 338 g/mol. The summed E-state index contributed by atoms with van der Waals surface area (Å²) in [5.41, 5.74) is 7.27. The van der Waals surface area contributed by atoms with Crippen molar-refractivity contribution in [2.45, 2.75) is 38.1 Å². The van der Waals surface area contributed by atoms with Gasteiger partial charge in [-0.25, -0.2) is 4.79 Å². The molecule has 0 aliphatic heterocycles. The molecule has 0 spiro atoms. The van der Waals surface area contributed by atoms with E-state index in [1.165, 1.54) is 6.42 Å². The molecule has 1 aliphatic carbocycles. The molecular formula is C20H22N2O3. The molecule has 0 radical (unpaired) electrons. The number of rotatable bonds is 4. The zero-order valence-corrected chi connectivity index (χ0v) is 14.0. The first kappa shape index (κ1) is 17.0. The van der Waals surface area contributed by atoms with Crippen molar-refractivity contribution in [2.75, 3.05) is 0 Å². The van der Waals surface area contributed by atoms with Crippen molar-refractivity contribution in [1.82, 2.24) is 5.32 Å². The predicted octanol–water partition coefficient (Wildman–Crippen LogP) is 3.87. The number of benzene rings is 2. The van der Waals surface area contributed by atoms with Gasteiger partial charge in [0.25, 0.3) is 5.91 Å². The molecule has 1 aliphatic rings. The van der Waals surface area contributed by atoms with E-state index in [0.29, 0.717) is 5.56 Å². The molecule has 3 N–H and O–H groups in total. The van der Waals surface area contributed by atoms with E-state index in [1.807, 2.05) is 30.3 Å². The highest BCUT2D eigenvalue weighted by molar-refractivity contribution is 6.03. The maximum absolute atomic E-state index is 12.2. The van der Waals surface area contributed by atoms with E-state index in [2.05, 4.69) is 5.32 Å². The topological polar surface area (TPSA) is 81.4 Å². The summed E-state index contributed by atoms with van der Waals surface area (Å²) in [6.45, 7) is 0. The molecule has 5 heteroatoms. The van der Waals surface area contributed by atoms with Crippen LogP contribution in [0.1, 0.15) is 42.5 Å². The quantitative estimate of drug-likeness (QED) is 0.888. The van der Waals surface area contributed by atoms with Gasteiger partial charge >= 0.3 is 6.09 Å². The van der Waals surface area contributed by atoms with Crippen LogP contribution in [0.25, 0.3) is 11.1 Å². The highest BCUT2D eigenvalue weighted by Gasteiger charge is 2.21. The van der Waals surface area contributed by atoms with Crippen molar-refractivity contribution in [3.05, 3.63) is 54.1 Å². The highest BCUT2D eigenvalue weighted by atomic mass is 16.6. The monoisotopic (exact) mass is 338 g/mol. The molecule has 3 rings (SSSR count). The Labute approximate surface area is 147 Å². The Morgan fingerprint density at radius 2 is 1.68 bits per heavy atom. The molecule has 0 saturated heterocycles. The number of amides is 2. The molecule has 0 atom stereocenters. The molecule has 25 heavy (non-hydrogen) atoms. The number of nitrogens with two attached hydrogens (primary N) is 1. The van der Waals surface area contributed by atoms with Crippen LogP contribution in [-0.4, -0.2) is 18.0 Å². The lowest BCUT2D eigenvalue weighted by molar-refractivity contribution is 0.0998. The van der Waals surface area contributed by atoms with Crippen molar-refractivity contribution in [2.24, 2.45) is 5.73 Å². The molecule has 0 unspecified atom stereocenters. The number of primary amides is 1. The second kappa shape index (κ2) is 7.83. The Bertz CT molecular complexity index is 753. The normalized spacial score (nSPS) is 14.7. The number of hydrogen-bond donors (Lipinski definition) is 2. The van der Waals surface area contributed by atoms with Crippen LogP contribution in [-0.2, 0) is 0 Å². The Hall–Kier alpha value is -2.82. The molecule has 1 saturated carbocycles. The van der Waals surface area contributed by atoms with Crippen LogP contribution in [0.4, 0.5) is 4.79 Å². The molecule has 1 fully saturated rings. The van der Waals surface area contributed by atoms with Gasteiger partial charge in [-0.1, -0.05) is 61.7 Å². The fourth-order valence-corrected chi connectivity index (χ4v) is 3.27. The summed E-state index contributed by atoms with van der Waals surface area (Å²) >= 11 is 0. The van der Waals surface area contributed by atoms with E-state index >= 15 is 0 Å². The van der Waals surface area contributed by atoms with Crippen molar-refractivity contribution in [1.29, 1.82) is 0 Å².